The quantitative estimate of drug-likeness (QED) is 0.387. The molecule has 8 nitrogen and oxygen atoms in total. The van der Waals surface area contributed by atoms with Crippen LogP contribution in [0.5, 0.6) is 5.75 Å². The largest absolute Gasteiger partial charge is 0.484 e. The fourth-order valence-corrected chi connectivity index (χ4v) is 5.06. The Kier molecular flexibility index (Phi) is 8.41. The van der Waals surface area contributed by atoms with Gasteiger partial charge in [-0.25, -0.2) is 4.39 Å². The van der Waals surface area contributed by atoms with E-state index in [0.717, 1.165) is 18.9 Å². The molecule has 186 valence electrons. The van der Waals surface area contributed by atoms with Crippen LogP contribution in [0.25, 0.3) is 0 Å². The van der Waals surface area contributed by atoms with Gasteiger partial charge in [0, 0.05) is 44.4 Å². The van der Waals surface area contributed by atoms with Crippen LogP contribution < -0.4 is 26.0 Å². The Morgan fingerprint density at radius 1 is 1.15 bits per heavy atom. The van der Waals surface area contributed by atoms with E-state index in [-0.39, 0.29) is 53.4 Å². The molecule has 0 radical (unpaired) electrons. The van der Waals surface area contributed by atoms with Crippen molar-refractivity contribution >= 4 is 23.4 Å². The SMILES string of the molecule is COC/C=C/C1CNC(C(=O)NC2C[C@H](NC(=O)COc3ccc(Cl)c(F)c3)C3CC2C3)CN1. The van der Waals surface area contributed by atoms with Crippen molar-refractivity contribution < 1.29 is 23.5 Å². The fraction of sp³-hybridized carbons (Fsp3) is 0.583. The summed E-state index contributed by atoms with van der Waals surface area (Å²) in [4.78, 5) is 25.3. The van der Waals surface area contributed by atoms with Gasteiger partial charge in [0.05, 0.1) is 17.7 Å². The zero-order chi connectivity index (χ0) is 24.1. The Balaban J connectivity index is 1.21. The number of carbonyl (C=O) groups is 2. The molecule has 34 heavy (non-hydrogen) atoms. The minimum Gasteiger partial charge on any atom is -0.484 e. The highest BCUT2D eigenvalue weighted by Gasteiger charge is 2.47. The monoisotopic (exact) mass is 494 g/mol. The highest BCUT2D eigenvalue weighted by molar-refractivity contribution is 6.30. The molecule has 1 saturated heterocycles. The normalized spacial score (nSPS) is 30.4. The van der Waals surface area contributed by atoms with Gasteiger partial charge in [0.2, 0.25) is 5.91 Å². The van der Waals surface area contributed by atoms with Gasteiger partial charge in [0.25, 0.3) is 5.91 Å². The first-order valence-electron chi connectivity index (χ1n) is 11.7. The summed E-state index contributed by atoms with van der Waals surface area (Å²) in [5.74, 6) is 0.258. The van der Waals surface area contributed by atoms with E-state index in [1.54, 1.807) is 7.11 Å². The van der Waals surface area contributed by atoms with Crippen LogP contribution in [0, 0.1) is 17.7 Å². The van der Waals surface area contributed by atoms with Crippen molar-refractivity contribution in [3.63, 3.8) is 0 Å². The second-order valence-electron chi connectivity index (χ2n) is 9.24. The summed E-state index contributed by atoms with van der Waals surface area (Å²) < 4.78 is 23.9. The highest BCUT2D eigenvalue weighted by Crippen LogP contribution is 2.45. The van der Waals surface area contributed by atoms with Crippen molar-refractivity contribution in [2.45, 2.75) is 43.4 Å². The Bertz CT molecular complexity index is 903. The molecule has 3 aliphatic carbocycles. The minimum absolute atomic E-state index is 0.00423. The highest BCUT2D eigenvalue weighted by atomic mass is 35.5. The maximum Gasteiger partial charge on any atom is 0.258 e. The number of rotatable bonds is 9. The minimum atomic E-state index is -0.591. The second kappa shape index (κ2) is 11.5. The molecule has 1 aliphatic heterocycles. The smallest absolute Gasteiger partial charge is 0.258 e. The number of ether oxygens (including phenoxy) is 2. The molecular weight excluding hydrogens is 463 g/mol. The van der Waals surface area contributed by atoms with E-state index in [9.17, 15) is 14.0 Å². The number of nitrogens with one attached hydrogen (secondary N) is 4. The number of fused-ring (bicyclic) bond motifs is 2. The summed E-state index contributed by atoms with van der Waals surface area (Å²) in [6.07, 6.45) is 6.68. The van der Waals surface area contributed by atoms with Gasteiger partial charge in [-0.1, -0.05) is 23.8 Å². The van der Waals surface area contributed by atoms with Crippen LogP contribution in [0.15, 0.2) is 30.4 Å². The van der Waals surface area contributed by atoms with Crippen LogP contribution in [0.4, 0.5) is 4.39 Å². The molecule has 5 rings (SSSR count). The standard InChI is InChI=1S/C24H32ClFN4O4/c1-33-6-2-3-16-11-28-22(12-27-16)24(32)30-21-10-20(14-7-15(21)8-14)29-23(31)13-34-17-4-5-18(25)19(26)9-17/h2-5,9,14-16,20-22,27-28H,6-8,10-13H2,1H3,(H,29,31)(H,30,32)/b3-2+/t14?,15?,16?,20-,21?,22?/m0/s1. The van der Waals surface area contributed by atoms with Crippen LogP contribution in [0.1, 0.15) is 19.3 Å². The van der Waals surface area contributed by atoms with E-state index in [2.05, 4.69) is 21.3 Å². The molecule has 4 atom stereocenters. The van der Waals surface area contributed by atoms with Gasteiger partial charge in [-0.2, -0.15) is 0 Å². The lowest BCUT2D eigenvalue weighted by Crippen LogP contribution is -2.64. The molecule has 0 aromatic heterocycles. The molecule has 4 fully saturated rings. The first kappa shape index (κ1) is 24.9. The van der Waals surface area contributed by atoms with Gasteiger partial charge >= 0.3 is 0 Å². The third kappa shape index (κ3) is 6.27. The van der Waals surface area contributed by atoms with Crippen molar-refractivity contribution in [2.75, 3.05) is 33.4 Å². The van der Waals surface area contributed by atoms with E-state index >= 15 is 0 Å². The summed E-state index contributed by atoms with van der Waals surface area (Å²) in [5.41, 5.74) is 0. The number of hydrogen-bond donors (Lipinski definition) is 4. The topological polar surface area (TPSA) is 101 Å². The van der Waals surface area contributed by atoms with Crippen LogP contribution in [0.3, 0.4) is 0 Å². The molecule has 3 saturated carbocycles. The predicted molar refractivity (Wildman–Crippen MR) is 126 cm³/mol. The molecule has 4 aliphatic rings. The van der Waals surface area contributed by atoms with Crippen molar-refractivity contribution in [3.05, 3.63) is 41.2 Å². The number of piperazine rings is 1. The number of carbonyl (C=O) groups excluding carboxylic acids is 2. The lowest BCUT2D eigenvalue weighted by atomic mass is 9.60. The van der Waals surface area contributed by atoms with Crippen LogP contribution in [0.2, 0.25) is 5.02 Å². The predicted octanol–water partition coefficient (Wildman–Crippen LogP) is 1.39. The van der Waals surface area contributed by atoms with E-state index < -0.39 is 5.82 Å². The number of benzene rings is 1. The van der Waals surface area contributed by atoms with Gasteiger partial charge < -0.3 is 30.7 Å². The third-order valence-corrected chi connectivity index (χ3v) is 7.21. The van der Waals surface area contributed by atoms with Crippen molar-refractivity contribution in [3.8, 4) is 5.75 Å². The summed E-state index contributed by atoms with van der Waals surface area (Å²) in [6.45, 7) is 1.58. The van der Waals surface area contributed by atoms with Crippen molar-refractivity contribution in [1.82, 2.24) is 21.3 Å². The summed E-state index contributed by atoms with van der Waals surface area (Å²) >= 11 is 5.67. The summed E-state index contributed by atoms with van der Waals surface area (Å²) in [6, 6.07) is 3.98. The first-order valence-corrected chi connectivity index (χ1v) is 12.1. The molecule has 1 aromatic carbocycles. The van der Waals surface area contributed by atoms with E-state index in [1.165, 1.54) is 12.1 Å². The molecule has 2 bridgehead atoms. The van der Waals surface area contributed by atoms with Gasteiger partial charge in [-0.05, 0) is 43.2 Å². The lowest BCUT2D eigenvalue weighted by molar-refractivity contribution is -0.127. The Morgan fingerprint density at radius 3 is 2.59 bits per heavy atom. The Morgan fingerprint density at radius 2 is 1.91 bits per heavy atom. The molecule has 1 heterocycles. The Hall–Kier alpha value is -2.20. The maximum atomic E-state index is 13.5. The van der Waals surface area contributed by atoms with E-state index in [1.807, 2.05) is 12.2 Å². The average molecular weight is 495 g/mol. The molecule has 2 amide bonds. The zero-order valence-corrected chi connectivity index (χ0v) is 19.9. The number of methoxy groups -OCH3 is 1. The molecule has 10 heteroatoms. The van der Waals surface area contributed by atoms with E-state index in [4.69, 9.17) is 21.1 Å². The van der Waals surface area contributed by atoms with Crippen LogP contribution in [-0.2, 0) is 14.3 Å². The van der Waals surface area contributed by atoms with Crippen LogP contribution >= 0.6 is 11.6 Å². The van der Waals surface area contributed by atoms with Crippen molar-refractivity contribution in [1.29, 1.82) is 0 Å². The number of amides is 2. The first-order chi connectivity index (χ1) is 16.4. The van der Waals surface area contributed by atoms with Crippen molar-refractivity contribution in [2.24, 2.45) is 11.8 Å². The zero-order valence-electron chi connectivity index (χ0n) is 19.2. The second-order valence-corrected chi connectivity index (χ2v) is 9.65. The molecule has 3 unspecified atom stereocenters. The van der Waals surface area contributed by atoms with E-state index in [0.29, 0.717) is 38.0 Å². The molecule has 0 spiro atoms. The fourth-order valence-electron chi connectivity index (χ4n) is 4.95. The molecule has 4 N–H and O–H groups in total. The summed E-state index contributed by atoms with van der Waals surface area (Å²) in [5, 5.41) is 12.9. The van der Waals surface area contributed by atoms with Gasteiger partial charge in [0.15, 0.2) is 6.61 Å². The van der Waals surface area contributed by atoms with Crippen LogP contribution in [-0.4, -0.2) is 69.4 Å². The Labute approximate surface area is 204 Å². The number of halogens is 2. The summed E-state index contributed by atoms with van der Waals surface area (Å²) in [7, 11) is 1.65. The maximum absolute atomic E-state index is 13.5. The third-order valence-electron chi connectivity index (χ3n) is 6.91. The van der Waals surface area contributed by atoms with Gasteiger partial charge in [-0.3, -0.25) is 9.59 Å². The van der Waals surface area contributed by atoms with Gasteiger partial charge in [0.1, 0.15) is 11.6 Å². The average Bonchev–Trinajstić information content (AvgIpc) is 2.79. The number of hydrogen-bond acceptors (Lipinski definition) is 6. The molecular formula is C24H32ClFN4O4. The lowest BCUT2D eigenvalue weighted by Gasteiger charge is -2.51. The van der Waals surface area contributed by atoms with Gasteiger partial charge in [-0.15, -0.1) is 0 Å². The molecule has 1 aromatic rings.